The van der Waals surface area contributed by atoms with E-state index in [1.54, 1.807) is 25.1 Å². The van der Waals surface area contributed by atoms with Crippen LogP contribution >= 0.6 is 12.4 Å². The number of aryl methyl sites for hydroxylation is 1. The highest BCUT2D eigenvalue weighted by atomic mass is 35.5. The number of rotatable bonds is 2. The van der Waals surface area contributed by atoms with Crippen molar-refractivity contribution in [2.45, 2.75) is 33.2 Å². The maximum atomic E-state index is 13.4. The summed E-state index contributed by atoms with van der Waals surface area (Å²) in [4.78, 5) is 19.7. The molecule has 8 heteroatoms. The minimum atomic E-state index is -0.330. The van der Waals surface area contributed by atoms with Gasteiger partial charge in [0.25, 0.3) is 11.6 Å². The van der Waals surface area contributed by atoms with Gasteiger partial charge in [-0.05, 0) is 49.1 Å². The number of nitrogens with two attached hydrogens (primary N) is 1. The van der Waals surface area contributed by atoms with Crippen molar-refractivity contribution >= 4 is 29.4 Å². The van der Waals surface area contributed by atoms with E-state index >= 15 is 0 Å². The van der Waals surface area contributed by atoms with Crippen LogP contribution in [0.15, 0.2) is 34.9 Å². The molecule has 0 saturated carbocycles. The lowest BCUT2D eigenvalue weighted by atomic mass is 9.79. The molecule has 1 atom stereocenters. The zero-order valence-electron chi connectivity index (χ0n) is 16.6. The average molecular weight is 419 g/mol. The van der Waals surface area contributed by atoms with E-state index in [0.29, 0.717) is 46.7 Å². The number of hydrogen-bond acceptors (Lipinski definition) is 5. The number of hydrogen-bond donors (Lipinski definition) is 1. The Labute approximate surface area is 174 Å². The molecular weight excluding hydrogens is 395 g/mol. The molecule has 0 radical (unpaired) electrons. The van der Waals surface area contributed by atoms with Crippen LogP contribution in [0.2, 0.25) is 0 Å². The Morgan fingerprint density at radius 1 is 1.31 bits per heavy atom. The quantitative estimate of drug-likeness (QED) is 0.680. The number of piperidine rings is 1. The first-order chi connectivity index (χ1) is 13.3. The number of likely N-dealkylation sites (tertiary alicyclic amines) is 1. The highest BCUT2D eigenvalue weighted by molar-refractivity contribution is 6.07. The third kappa shape index (κ3) is 3.84. The summed E-state index contributed by atoms with van der Waals surface area (Å²) in [5.41, 5.74) is 8.71. The molecule has 1 unspecified atom stereocenters. The third-order valence-electron chi connectivity index (χ3n) is 5.59. The van der Waals surface area contributed by atoms with Crippen molar-refractivity contribution in [3.05, 3.63) is 47.4 Å². The van der Waals surface area contributed by atoms with E-state index in [0.717, 1.165) is 6.42 Å². The van der Waals surface area contributed by atoms with Gasteiger partial charge in [-0.25, -0.2) is 9.37 Å². The van der Waals surface area contributed by atoms with E-state index in [9.17, 15) is 9.18 Å². The zero-order valence-corrected chi connectivity index (χ0v) is 17.4. The van der Waals surface area contributed by atoms with Crippen LogP contribution in [-0.4, -0.2) is 40.1 Å². The summed E-state index contributed by atoms with van der Waals surface area (Å²) >= 11 is 0. The summed E-state index contributed by atoms with van der Waals surface area (Å²) < 4.78 is 18.6. The van der Waals surface area contributed by atoms with Crippen molar-refractivity contribution in [1.82, 2.24) is 15.0 Å². The normalized spacial score (nSPS) is 18.5. The van der Waals surface area contributed by atoms with Crippen LogP contribution in [0.1, 0.15) is 36.3 Å². The zero-order chi connectivity index (χ0) is 20.1. The number of carbonyl (C=O) groups excluding carboxylic acids is 1. The first-order valence-electron chi connectivity index (χ1n) is 9.34. The van der Waals surface area contributed by atoms with Gasteiger partial charge in [0.15, 0.2) is 0 Å². The van der Waals surface area contributed by atoms with Crippen molar-refractivity contribution in [3.63, 3.8) is 0 Å². The minimum Gasteiger partial charge on any atom is -0.338 e. The van der Waals surface area contributed by atoms with Gasteiger partial charge in [-0.3, -0.25) is 4.79 Å². The molecule has 1 saturated heterocycles. The first-order valence-corrected chi connectivity index (χ1v) is 9.34. The number of fused-ring (bicyclic) bond motifs is 1. The molecule has 1 fully saturated rings. The molecule has 29 heavy (non-hydrogen) atoms. The molecule has 3 aromatic rings. The van der Waals surface area contributed by atoms with Crippen LogP contribution in [0.5, 0.6) is 0 Å². The van der Waals surface area contributed by atoms with Crippen molar-refractivity contribution in [2.24, 2.45) is 11.1 Å². The molecule has 0 aliphatic carbocycles. The number of halogens is 2. The predicted molar refractivity (Wildman–Crippen MR) is 111 cm³/mol. The molecule has 4 rings (SSSR count). The summed E-state index contributed by atoms with van der Waals surface area (Å²) in [5.74, 6) is -0.425. The van der Waals surface area contributed by atoms with Crippen molar-refractivity contribution in [1.29, 1.82) is 0 Å². The fourth-order valence-corrected chi connectivity index (χ4v) is 3.75. The van der Waals surface area contributed by atoms with Crippen LogP contribution in [0.25, 0.3) is 22.4 Å². The van der Waals surface area contributed by atoms with Crippen LogP contribution in [0.3, 0.4) is 0 Å². The lowest BCUT2D eigenvalue weighted by Crippen LogP contribution is -2.54. The standard InChI is InChI=1S/C21H23FN4O2.ClH/c1-12-18-15(20(27)26-9-8-17(23)21(2,3)11-26)10-16(24-19(18)28-25-12)13-4-6-14(22)7-5-13;/h4-7,10,17H,8-9,11,23H2,1-3H3;1H. The number of nitrogens with zero attached hydrogens (tertiary/aromatic N) is 3. The fraction of sp³-hybridized carbons (Fsp3) is 0.381. The van der Waals surface area contributed by atoms with Crippen molar-refractivity contribution in [3.8, 4) is 11.3 Å². The second-order valence-corrected chi connectivity index (χ2v) is 8.12. The Morgan fingerprint density at radius 3 is 2.66 bits per heavy atom. The number of aromatic nitrogens is 2. The molecule has 154 valence electrons. The summed E-state index contributed by atoms with van der Waals surface area (Å²) in [6.45, 7) is 7.12. The third-order valence-corrected chi connectivity index (χ3v) is 5.59. The summed E-state index contributed by atoms with van der Waals surface area (Å²) in [5, 5.41) is 4.60. The Balaban J connectivity index is 0.00000240. The molecule has 6 nitrogen and oxygen atoms in total. The largest absolute Gasteiger partial charge is 0.338 e. The lowest BCUT2D eigenvalue weighted by molar-refractivity contribution is 0.0535. The number of carbonyl (C=O) groups is 1. The van der Waals surface area contributed by atoms with Gasteiger partial charge >= 0.3 is 0 Å². The van der Waals surface area contributed by atoms with Crippen LogP contribution in [0, 0.1) is 18.2 Å². The number of amides is 1. The lowest BCUT2D eigenvalue weighted by Gasteiger charge is -2.42. The predicted octanol–water partition coefficient (Wildman–Crippen LogP) is 3.96. The van der Waals surface area contributed by atoms with E-state index in [4.69, 9.17) is 10.3 Å². The molecule has 3 heterocycles. The Kier molecular flexibility index (Phi) is 5.65. The smallest absolute Gasteiger partial charge is 0.259 e. The monoisotopic (exact) mass is 418 g/mol. The Morgan fingerprint density at radius 2 is 2.00 bits per heavy atom. The summed E-state index contributed by atoms with van der Waals surface area (Å²) in [6, 6.07) is 7.78. The van der Waals surface area contributed by atoms with Crippen LogP contribution < -0.4 is 5.73 Å². The van der Waals surface area contributed by atoms with Gasteiger partial charge < -0.3 is 15.2 Å². The summed E-state index contributed by atoms with van der Waals surface area (Å²) in [7, 11) is 0. The van der Waals surface area contributed by atoms with Crippen molar-refractivity contribution in [2.75, 3.05) is 13.1 Å². The fourth-order valence-electron chi connectivity index (χ4n) is 3.75. The van der Waals surface area contributed by atoms with E-state index in [1.165, 1.54) is 12.1 Å². The van der Waals surface area contributed by atoms with Gasteiger partial charge in [0.2, 0.25) is 0 Å². The molecule has 0 spiro atoms. The van der Waals surface area contributed by atoms with E-state index in [1.807, 2.05) is 4.90 Å². The second kappa shape index (κ2) is 7.72. The highest BCUT2D eigenvalue weighted by Crippen LogP contribution is 2.32. The second-order valence-electron chi connectivity index (χ2n) is 8.12. The molecule has 1 aromatic carbocycles. The number of pyridine rings is 1. The highest BCUT2D eigenvalue weighted by Gasteiger charge is 2.36. The molecule has 0 bridgehead atoms. The molecule has 2 N–H and O–H groups in total. The first kappa shape index (κ1) is 21.2. The maximum absolute atomic E-state index is 13.4. The van der Waals surface area contributed by atoms with Crippen LogP contribution in [0.4, 0.5) is 4.39 Å². The molecular formula is C21H24ClFN4O2. The van der Waals surface area contributed by atoms with Gasteiger partial charge in [-0.2, -0.15) is 0 Å². The molecule has 1 aliphatic heterocycles. The minimum absolute atomic E-state index is 0. The van der Waals surface area contributed by atoms with Gasteiger partial charge in [0, 0.05) is 24.7 Å². The SMILES string of the molecule is Cc1noc2nc(-c3ccc(F)cc3)cc(C(=O)N3CCC(N)C(C)(C)C3)c12.Cl. The molecule has 1 aliphatic rings. The van der Waals surface area contributed by atoms with E-state index < -0.39 is 0 Å². The van der Waals surface area contributed by atoms with E-state index in [2.05, 4.69) is 24.0 Å². The van der Waals surface area contributed by atoms with Crippen molar-refractivity contribution < 1.29 is 13.7 Å². The average Bonchev–Trinajstić information content (AvgIpc) is 3.04. The Hall–Kier alpha value is -2.51. The topological polar surface area (TPSA) is 85.2 Å². The van der Waals surface area contributed by atoms with Gasteiger partial charge in [0.05, 0.1) is 22.3 Å². The van der Waals surface area contributed by atoms with Gasteiger partial charge in [-0.15, -0.1) is 12.4 Å². The summed E-state index contributed by atoms with van der Waals surface area (Å²) in [6.07, 6.45) is 0.750. The van der Waals surface area contributed by atoms with E-state index in [-0.39, 0.29) is 35.6 Å². The molecule has 2 aromatic heterocycles. The van der Waals surface area contributed by atoms with Gasteiger partial charge in [0.1, 0.15) is 5.82 Å². The van der Waals surface area contributed by atoms with Gasteiger partial charge in [-0.1, -0.05) is 19.0 Å². The van der Waals surface area contributed by atoms with Crippen LogP contribution in [-0.2, 0) is 0 Å². The number of benzene rings is 1. The maximum Gasteiger partial charge on any atom is 0.259 e. The molecule has 1 amide bonds. The Bertz CT molecular complexity index is 1050.